The first kappa shape index (κ1) is 21.7. The molecule has 0 bridgehead atoms. The van der Waals surface area contributed by atoms with Gasteiger partial charge in [-0.1, -0.05) is 36.4 Å². The monoisotopic (exact) mass is 426 g/mol. The Kier molecular flexibility index (Phi) is 6.76. The van der Waals surface area contributed by atoms with Gasteiger partial charge in [0.2, 0.25) is 0 Å². The molecule has 0 saturated heterocycles. The average Bonchev–Trinajstić information content (AvgIpc) is 2.77. The number of nitrogens with one attached hydrogen (secondary N) is 2. The lowest BCUT2D eigenvalue weighted by atomic mass is 9.92. The molecule has 9 heteroatoms. The number of hydrogen-bond donors (Lipinski definition) is 3. The van der Waals surface area contributed by atoms with Gasteiger partial charge in [0.25, 0.3) is 0 Å². The Morgan fingerprint density at radius 1 is 1.10 bits per heavy atom. The van der Waals surface area contributed by atoms with Gasteiger partial charge in [0.15, 0.2) is 18.1 Å². The number of carboxylic acid groups (broad SMARTS) is 1. The third kappa shape index (κ3) is 4.95. The maximum absolute atomic E-state index is 12.9. The number of carbonyl (C=O) groups is 3. The van der Waals surface area contributed by atoms with E-state index in [1.807, 2.05) is 6.07 Å². The van der Waals surface area contributed by atoms with Crippen LogP contribution in [0.15, 0.2) is 54.1 Å². The Morgan fingerprint density at radius 3 is 2.48 bits per heavy atom. The molecule has 1 unspecified atom stereocenters. The van der Waals surface area contributed by atoms with Crippen molar-refractivity contribution in [2.24, 2.45) is 0 Å². The molecule has 2 aromatic carbocycles. The summed E-state index contributed by atoms with van der Waals surface area (Å²) in [6.07, 6.45) is 0. The van der Waals surface area contributed by atoms with Crippen molar-refractivity contribution in [3.63, 3.8) is 0 Å². The third-order valence-electron chi connectivity index (χ3n) is 4.50. The molecule has 31 heavy (non-hydrogen) atoms. The SMILES string of the molecule is CCOC(=O)C1=C(c2ccccc2)NC(=O)NC1c1ccc(OCC(=O)O)c(OC)c1. The number of carbonyl (C=O) groups excluding carboxylic acids is 2. The van der Waals surface area contributed by atoms with Crippen molar-refractivity contribution in [2.75, 3.05) is 20.3 Å². The lowest BCUT2D eigenvalue weighted by molar-refractivity contribution is -0.140. The lowest BCUT2D eigenvalue weighted by Crippen LogP contribution is -2.45. The van der Waals surface area contributed by atoms with Gasteiger partial charge in [0.1, 0.15) is 0 Å². The van der Waals surface area contributed by atoms with Gasteiger partial charge in [-0.25, -0.2) is 14.4 Å². The Hall–Kier alpha value is -4.01. The van der Waals surface area contributed by atoms with Crippen molar-refractivity contribution in [1.29, 1.82) is 0 Å². The van der Waals surface area contributed by atoms with Gasteiger partial charge >= 0.3 is 18.0 Å². The topological polar surface area (TPSA) is 123 Å². The highest BCUT2D eigenvalue weighted by Crippen LogP contribution is 2.36. The van der Waals surface area contributed by atoms with Crippen LogP contribution in [0.2, 0.25) is 0 Å². The van der Waals surface area contributed by atoms with Gasteiger partial charge in [-0.3, -0.25) is 0 Å². The number of benzene rings is 2. The first-order valence-electron chi connectivity index (χ1n) is 9.51. The molecule has 1 aliphatic rings. The molecular weight excluding hydrogens is 404 g/mol. The highest BCUT2D eigenvalue weighted by molar-refractivity contribution is 6.04. The summed E-state index contributed by atoms with van der Waals surface area (Å²) in [4.78, 5) is 36.1. The van der Waals surface area contributed by atoms with Gasteiger partial charge in [-0.05, 0) is 30.2 Å². The van der Waals surface area contributed by atoms with Crippen LogP contribution < -0.4 is 20.1 Å². The third-order valence-corrected chi connectivity index (χ3v) is 4.50. The minimum atomic E-state index is -1.13. The fourth-order valence-electron chi connectivity index (χ4n) is 3.20. The molecule has 0 saturated carbocycles. The van der Waals surface area contributed by atoms with Crippen molar-refractivity contribution in [3.8, 4) is 11.5 Å². The highest BCUT2D eigenvalue weighted by atomic mass is 16.5. The standard InChI is InChI=1S/C22H22N2O7/c1-3-30-21(27)18-19(13-7-5-4-6-8-13)23-22(28)24-20(18)14-9-10-15(16(11-14)29-2)31-12-17(25)26/h4-11,20H,3,12H2,1-2H3,(H,25,26)(H2,23,24,28). The van der Waals surface area contributed by atoms with Gasteiger partial charge in [-0.15, -0.1) is 0 Å². The summed E-state index contributed by atoms with van der Waals surface area (Å²) in [6, 6.07) is 12.4. The molecule has 1 atom stereocenters. The number of esters is 1. The minimum Gasteiger partial charge on any atom is -0.493 e. The molecule has 1 heterocycles. The number of amides is 2. The van der Waals surface area contributed by atoms with Crippen LogP contribution >= 0.6 is 0 Å². The van der Waals surface area contributed by atoms with E-state index in [9.17, 15) is 14.4 Å². The predicted octanol–water partition coefficient (Wildman–Crippen LogP) is 2.49. The molecule has 9 nitrogen and oxygen atoms in total. The number of aliphatic carboxylic acids is 1. The number of methoxy groups -OCH3 is 1. The molecule has 0 fully saturated rings. The Morgan fingerprint density at radius 2 is 1.84 bits per heavy atom. The first-order chi connectivity index (χ1) is 14.9. The second-order valence-electron chi connectivity index (χ2n) is 6.50. The van der Waals surface area contributed by atoms with E-state index in [0.717, 1.165) is 0 Å². The molecule has 0 spiro atoms. The fraction of sp³-hybridized carbons (Fsp3) is 0.227. The number of urea groups is 1. The van der Waals surface area contributed by atoms with E-state index < -0.39 is 30.6 Å². The van der Waals surface area contributed by atoms with E-state index in [4.69, 9.17) is 19.3 Å². The fourth-order valence-corrected chi connectivity index (χ4v) is 3.20. The minimum absolute atomic E-state index is 0.163. The zero-order valence-electron chi connectivity index (χ0n) is 17.0. The van der Waals surface area contributed by atoms with Crippen LogP contribution in [0.3, 0.4) is 0 Å². The second-order valence-corrected chi connectivity index (χ2v) is 6.50. The van der Waals surface area contributed by atoms with Crippen molar-refractivity contribution < 1.29 is 33.7 Å². The zero-order valence-corrected chi connectivity index (χ0v) is 17.0. The summed E-state index contributed by atoms with van der Waals surface area (Å²) < 4.78 is 15.8. The molecule has 3 N–H and O–H groups in total. The van der Waals surface area contributed by atoms with E-state index in [-0.39, 0.29) is 23.7 Å². The summed E-state index contributed by atoms with van der Waals surface area (Å²) in [5.74, 6) is -1.23. The van der Waals surface area contributed by atoms with Crippen LogP contribution in [-0.4, -0.2) is 43.4 Å². The maximum Gasteiger partial charge on any atom is 0.341 e. The molecule has 2 aromatic rings. The average molecular weight is 426 g/mol. The molecule has 2 amide bonds. The molecule has 1 aliphatic heterocycles. The Labute approximate surface area is 178 Å². The van der Waals surface area contributed by atoms with Gasteiger partial charge in [0.05, 0.1) is 31.0 Å². The van der Waals surface area contributed by atoms with Crippen molar-refractivity contribution >= 4 is 23.7 Å². The van der Waals surface area contributed by atoms with Crippen LogP contribution in [0.1, 0.15) is 24.1 Å². The van der Waals surface area contributed by atoms with E-state index in [1.165, 1.54) is 13.2 Å². The number of carboxylic acids is 1. The quantitative estimate of drug-likeness (QED) is 0.554. The zero-order chi connectivity index (χ0) is 22.4. The van der Waals surface area contributed by atoms with E-state index in [1.54, 1.807) is 43.3 Å². The molecular formula is C22H22N2O7. The summed E-state index contributed by atoms with van der Waals surface area (Å²) in [5.41, 5.74) is 1.76. The van der Waals surface area contributed by atoms with Gasteiger partial charge in [0, 0.05) is 0 Å². The van der Waals surface area contributed by atoms with Crippen LogP contribution in [0.4, 0.5) is 4.79 Å². The summed E-state index contributed by atoms with van der Waals surface area (Å²) in [6.45, 7) is 1.32. The first-order valence-corrected chi connectivity index (χ1v) is 9.51. The largest absolute Gasteiger partial charge is 0.493 e. The summed E-state index contributed by atoms with van der Waals surface area (Å²) in [5, 5.41) is 14.3. The van der Waals surface area contributed by atoms with E-state index in [2.05, 4.69) is 10.6 Å². The Bertz CT molecular complexity index is 1020. The summed E-state index contributed by atoms with van der Waals surface area (Å²) in [7, 11) is 1.41. The van der Waals surface area contributed by atoms with Crippen LogP contribution in [0.5, 0.6) is 11.5 Å². The lowest BCUT2D eigenvalue weighted by Gasteiger charge is -2.30. The van der Waals surface area contributed by atoms with Gasteiger partial charge in [-0.2, -0.15) is 0 Å². The van der Waals surface area contributed by atoms with Crippen LogP contribution in [0.25, 0.3) is 5.70 Å². The van der Waals surface area contributed by atoms with Crippen molar-refractivity contribution in [3.05, 3.63) is 65.2 Å². The van der Waals surface area contributed by atoms with Crippen molar-refractivity contribution in [1.82, 2.24) is 10.6 Å². The predicted molar refractivity (Wildman–Crippen MR) is 111 cm³/mol. The van der Waals surface area contributed by atoms with E-state index in [0.29, 0.717) is 16.8 Å². The van der Waals surface area contributed by atoms with Crippen molar-refractivity contribution in [2.45, 2.75) is 13.0 Å². The number of hydrogen-bond acceptors (Lipinski definition) is 6. The maximum atomic E-state index is 12.9. The number of ether oxygens (including phenoxy) is 3. The second kappa shape index (κ2) is 9.66. The van der Waals surface area contributed by atoms with E-state index >= 15 is 0 Å². The number of rotatable bonds is 8. The smallest absolute Gasteiger partial charge is 0.341 e. The molecule has 3 rings (SSSR count). The molecule has 162 valence electrons. The normalized spacial score (nSPS) is 15.5. The summed E-state index contributed by atoms with van der Waals surface area (Å²) >= 11 is 0. The molecule has 0 radical (unpaired) electrons. The molecule has 0 aromatic heterocycles. The molecule has 0 aliphatic carbocycles. The highest BCUT2D eigenvalue weighted by Gasteiger charge is 2.34. The van der Waals surface area contributed by atoms with Gasteiger partial charge < -0.3 is 30.0 Å². The Balaban J connectivity index is 2.10. The van der Waals surface area contributed by atoms with Crippen LogP contribution in [0, 0.1) is 0 Å². The van der Waals surface area contributed by atoms with Crippen LogP contribution in [-0.2, 0) is 14.3 Å².